The van der Waals surface area contributed by atoms with Gasteiger partial charge in [-0.1, -0.05) is 6.07 Å². The van der Waals surface area contributed by atoms with Gasteiger partial charge in [0.15, 0.2) is 0 Å². The fourth-order valence-corrected chi connectivity index (χ4v) is 5.85. The van der Waals surface area contributed by atoms with Crippen molar-refractivity contribution in [1.82, 2.24) is 14.1 Å². The first-order valence-corrected chi connectivity index (χ1v) is 11.7. The maximum Gasteiger partial charge on any atom is 0.243 e. The Labute approximate surface area is 169 Å². The molecule has 0 aromatic heterocycles. The van der Waals surface area contributed by atoms with Crippen molar-refractivity contribution in [2.45, 2.75) is 63.9 Å². The van der Waals surface area contributed by atoms with Gasteiger partial charge in [-0.05, 0) is 70.2 Å². The smallest absolute Gasteiger partial charge is 0.243 e. The molecule has 7 heteroatoms. The van der Waals surface area contributed by atoms with Gasteiger partial charge in [-0.2, -0.15) is 4.31 Å². The summed E-state index contributed by atoms with van der Waals surface area (Å²) in [6, 6.07) is 5.88. The molecule has 2 heterocycles. The van der Waals surface area contributed by atoms with E-state index in [1.54, 1.807) is 16.4 Å². The molecule has 0 aliphatic carbocycles. The molecule has 2 unspecified atom stereocenters. The lowest BCUT2D eigenvalue weighted by atomic mass is 9.97. The number of nitrogens with zero attached hydrogens (tertiary/aromatic N) is 3. The zero-order valence-corrected chi connectivity index (χ0v) is 18.3. The van der Waals surface area contributed by atoms with Crippen LogP contribution in [0.15, 0.2) is 23.1 Å². The number of sulfonamides is 1. The third kappa shape index (κ3) is 4.42. The number of likely N-dealkylation sites (tertiary alicyclic amines) is 1. The molecule has 0 radical (unpaired) electrons. The van der Waals surface area contributed by atoms with Gasteiger partial charge in [0, 0.05) is 38.3 Å². The zero-order valence-electron chi connectivity index (χ0n) is 17.5. The van der Waals surface area contributed by atoms with Gasteiger partial charge in [0.25, 0.3) is 0 Å². The fourth-order valence-electron chi connectivity index (χ4n) is 4.34. The van der Waals surface area contributed by atoms with Crippen molar-refractivity contribution in [1.29, 1.82) is 0 Å². The van der Waals surface area contributed by atoms with Crippen LogP contribution in [0.5, 0.6) is 0 Å². The summed E-state index contributed by atoms with van der Waals surface area (Å²) in [5.74, 6) is 0.171. The van der Waals surface area contributed by atoms with Crippen molar-refractivity contribution < 1.29 is 13.2 Å². The van der Waals surface area contributed by atoms with Crippen molar-refractivity contribution >= 4 is 15.9 Å². The van der Waals surface area contributed by atoms with Crippen LogP contribution in [0.25, 0.3) is 0 Å². The summed E-state index contributed by atoms with van der Waals surface area (Å²) < 4.78 is 27.4. The summed E-state index contributed by atoms with van der Waals surface area (Å²) in [4.78, 5) is 17.3. The summed E-state index contributed by atoms with van der Waals surface area (Å²) in [7, 11) is -3.48. The second-order valence-electron chi connectivity index (χ2n) is 8.36. The number of hydrogen-bond acceptors (Lipinski definition) is 4. The summed E-state index contributed by atoms with van der Waals surface area (Å²) in [6.07, 6.45) is 3.32. The van der Waals surface area contributed by atoms with Gasteiger partial charge in [-0.25, -0.2) is 8.42 Å². The minimum absolute atomic E-state index is 0.171. The van der Waals surface area contributed by atoms with Gasteiger partial charge >= 0.3 is 0 Å². The number of amides is 1. The van der Waals surface area contributed by atoms with Crippen LogP contribution in [0.4, 0.5) is 0 Å². The highest BCUT2D eigenvalue weighted by Crippen LogP contribution is 2.24. The van der Waals surface area contributed by atoms with E-state index in [1.165, 1.54) is 6.42 Å². The van der Waals surface area contributed by atoms with Gasteiger partial charge in [-0.15, -0.1) is 0 Å². The zero-order chi connectivity index (χ0) is 20.5. The third-order valence-electron chi connectivity index (χ3n) is 6.29. The quantitative estimate of drug-likeness (QED) is 0.769. The predicted octanol–water partition coefficient (Wildman–Crippen LogP) is 2.40. The molecule has 0 spiro atoms. The minimum atomic E-state index is -3.48. The molecule has 3 rings (SSSR count). The molecule has 0 bridgehead atoms. The lowest BCUT2D eigenvalue weighted by Crippen LogP contribution is -2.54. The minimum Gasteiger partial charge on any atom is -0.336 e. The SMILES string of the molecule is Cc1ccc(S(=O)(=O)N2CCN(CC(=O)N3C(C)CCCC3C)CC2)cc1C. The summed E-state index contributed by atoms with van der Waals surface area (Å²) >= 11 is 0. The molecule has 2 aliphatic rings. The van der Waals surface area contributed by atoms with Crippen molar-refractivity contribution in [3.05, 3.63) is 29.3 Å². The first-order chi connectivity index (χ1) is 13.2. The van der Waals surface area contributed by atoms with Crippen LogP contribution in [0.3, 0.4) is 0 Å². The molecule has 156 valence electrons. The van der Waals surface area contributed by atoms with E-state index in [9.17, 15) is 13.2 Å². The first kappa shape index (κ1) is 21.3. The van der Waals surface area contributed by atoms with Crippen LogP contribution >= 0.6 is 0 Å². The molecule has 2 aliphatic heterocycles. The number of carbonyl (C=O) groups excluding carboxylic acids is 1. The summed E-state index contributed by atoms with van der Waals surface area (Å²) in [5.41, 5.74) is 2.07. The predicted molar refractivity (Wildman–Crippen MR) is 111 cm³/mol. The molecular weight excluding hydrogens is 374 g/mol. The van der Waals surface area contributed by atoms with Crippen LogP contribution < -0.4 is 0 Å². The average Bonchev–Trinajstić information content (AvgIpc) is 2.64. The highest BCUT2D eigenvalue weighted by atomic mass is 32.2. The van der Waals surface area contributed by atoms with E-state index >= 15 is 0 Å². The number of piperazine rings is 1. The van der Waals surface area contributed by atoms with Crippen molar-refractivity contribution in [2.75, 3.05) is 32.7 Å². The maximum absolute atomic E-state index is 12.9. The van der Waals surface area contributed by atoms with E-state index in [2.05, 4.69) is 18.7 Å². The topological polar surface area (TPSA) is 60.9 Å². The standard InChI is InChI=1S/C21H33N3O3S/c1-16-8-9-20(14-17(16)2)28(26,27)23-12-10-22(11-13-23)15-21(25)24-18(3)6-5-7-19(24)4/h8-9,14,18-19H,5-7,10-13,15H2,1-4H3. The Morgan fingerprint density at radius 1 is 1.00 bits per heavy atom. The second kappa shape index (κ2) is 8.51. The highest BCUT2D eigenvalue weighted by Gasteiger charge is 2.32. The van der Waals surface area contributed by atoms with E-state index in [0.717, 1.165) is 24.0 Å². The van der Waals surface area contributed by atoms with E-state index in [0.29, 0.717) is 49.7 Å². The van der Waals surface area contributed by atoms with Crippen LogP contribution in [0.2, 0.25) is 0 Å². The van der Waals surface area contributed by atoms with Crippen LogP contribution in [-0.4, -0.2) is 73.2 Å². The second-order valence-corrected chi connectivity index (χ2v) is 10.3. The molecule has 28 heavy (non-hydrogen) atoms. The Balaban J connectivity index is 1.59. The Bertz CT molecular complexity index is 806. The van der Waals surface area contributed by atoms with Crippen molar-refractivity contribution in [3.8, 4) is 0 Å². The Morgan fingerprint density at radius 2 is 1.61 bits per heavy atom. The van der Waals surface area contributed by atoms with Gasteiger partial charge in [-0.3, -0.25) is 9.69 Å². The van der Waals surface area contributed by atoms with Gasteiger partial charge < -0.3 is 4.90 Å². The van der Waals surface area contributed by atoms with E-state index < -0.39 is 10.0 Å². The largest absolute Gasteiger partial charge is 0.336 e. The van der Waals surface area contributed by atoms with E-state index in [1.807, 2.05) is 24.8 Å². The van der Waals surface area contributed by atoms with Crippen LogP contribution in [0.1, 0.15) is 44.2 Å². The van der Waals surface area contributed by atoms with Crippen molar-refractivity contribution in [3.63, 3.8) is 0 Å². The number of piperidine rings is 1. The molecule has 1 amide bonds. The summed E-state index contributed by atoms with van der Waals surface area (Å²) in [5, 5.41) is 0. The molecule has 0 saturated carbocycles. The molecule has 1 aromatic rings. The Kier molecular flexibility index (Phi) is 6.47. The van der Waals surface area contributed by atoms with Crippen molar-refractivity contribution in [2.24, 2.45) is 0 Å². The monoisotopic (exact) mass is 407 g/mol. The average molecular weight is 408 g/mol. The van der Waals surface area contributed by atoms with E-state index in [4.69, 9.17) is 0 Å². The lowest BCUT2D eigenvalue weighted by Gasteiger charge is -2.41. The molecule has 6 nitrogen and oxygen atoms in total. The molecule has 2 saturated heterocycles. The van der Waals surface area contributed by atoms with Crippen LogP contribution in [0, 0.1) is 13.8 Å². The third-order valence-corrected chi connectivity index (χ3v) is 8.18. The van der Waals surface area contributed by atoms with Gasteiger partial charge in [0.1, 0.15) is 0 Å². The number of aryl methyl sites for hydroxylation is 2. The molecular formula is C21H33N3O3S. The van der Waals surface area contributed by atoms with E-state index in [-0.39, 0.29) is 5.91 Å². The maximum atomic E-state index is 12.9. The molecule has 1 aromatic carbocycles. The Hall–Kier alpha value is -1.44. The van der Waals surface area contributed by atoms with Gasteiger partial charge in [0.2, 0.25) is 15.9 Å². The molecule has 0 N–H and O–H groups in total. The van der Waals surface area contributed by atoms with Gasteiger partial charge in [0.05, 0.1) is 11.4 Å². The number of carbonyl (C=O) groups is 1. The fraction of sp³-hybridized carbons (Fsp3) is 0.667. The van der Waals surface area contributed by atoms with Crippen LogP contribution in [-0.2, 0) is 14.8 Å². The number of benzene rings is 1. The molecule has 2 atom stereocenters. The highest BCUT2D eigenvalue weighted by molar-refractivity contribution is 7.89. The number of rotatable bonds is 4. The lowest BCUT2D eigenvalue weighted by molar-refractivity contribution is -0.138. The Morgan fingerprint density at radius 3 is 2.18 bits per heavy atom. The first-order valence-electron chi connectivity index (χ1n) is 10.3. The number of hydrogen-bond donors (Lipinski definition) is 0. The molecule has 2 fully saturated rings. The summed E-state index contributed by atoms with van der Waals surface area (Å²) in [6.45, 7) is 10.6. The normalized spacial score (nSPS) is 25.1.